The van der Waals surface area contributed by atoms with Gasteiger partial charge in [-0.15, -0.1) is 0 Å². The van der Waals surface area contributed by atoms with Gasteiger partial charge in [-0.05, 0) is 61.2 Å². The van der Waals surface area contributed by atoms with Crippen LogP contribution < -0.4 is 4.74 Å². The number of aliphatic hydroxyl groups is 2. The molecule has 1 saturated heterocycles. The predicted octanol–water partition coefficient (Wildman–Crippen LogP) is 3.50. The molecular formula is C35H52FN3O7. The quantitative estimate of drug-likeness (QED) is 0.449. The third-order valence-electron chi connectivity index (χ3n) is 8.71. The molecule has 0 aliphatic carbocycles. The van der Waals surface area contributed by atoms with Gasteiger partial charge < -0.3 is 34.2 Å². The van der Waals surface area contributed by atoms with Crippen molar-refractivity contribution in [3.63, 3.8) is 0 Å². The molecule has 0 saturated carbocycles. The summed E-state index contributed by atoms with van der Waals surface area (Å²) >= 11 is 0. The summed E-state index contributed by atoms with van der Waals surface area (Å²) in [6, 6.07) is 13.5. The number of aliphatic hydroxyl groups excluding tert-OH is 2. The summed E-state index contributed by atoms with van der Waals surface area (Å²) in [5.74, 6) is -0.136. The van der Waals surface area contributed by atoms with Gasteiger partial charge in [0.15, 0.2) is 0 Å². The third kappa shape index (κ3) is 10.7. The fraction of sp³-hybridized carbons (Fsp3) is 0.600. The van der Waals surface area contributed by atoms with Crippen LogP contribution in [0.2, 0.25) is 0 Å². The van der Waals surface area contributed by atoms with Crippen LogP contribution in [0, 0.1) is 17.7 Å². The Hall–Kier alpha value is -3.09. The number of hydrogen-bond donors (Lipinski definition) is 2. The molecular weight excluding hydrogens is 593 g/mol. The molecule has 0 radical (unpaired) electrons. The van der Waals surface area contributed by atoms with Crippen molar-refractivity contribution in [1.29, 1.82) is 0 Å². The van der Waals surface area contributed by atoms with Crippen molar-refractivity contribution in [3.8, 4) is 5.75 Å². The maximum atomic E-state index is 14.3. The van der Waals surface area contributed by atoms with Gasteiger partial charge in [0.05, 0.1) is 26.3 Å². The average molecular weight is 646 g/mol. The molecule has 1 heterocycles. The van der Waals surface area contributed by atoms with E-state index in [1.165, 1.54) is 26.2 Å². The van der Waals surface area contributed by atoms with Crippen LogP contribution in [0.4, 0.5) is 4.39 Å². The van der Waals surface area contributed by atoms with Crippen LogP contribution in [0.5, 0.6) is 5.75 Å². The summed E-state index contributed by atoms with van der Waals surface area (Å²) in [6.07, 6.45) is -2.05. The zero-order chi connectivity index (χ0) is 33.8. The molecule has 5 atom stereocenters. The minimum Gasteiger partial charge on any atom is -0.497 e. The molecule has 0 spiro atoms. The van der Waals surface area contributed by atoms with E-state index in [1.807, 2.05) is 41.1 Å². The maximum absolute atomic E-state index is 14.3. The number of benzene rings is 2. The van der Waals surface area contributed by atoms with Crippen LogP contribution in [-0.2, 0) is 25.6 Å². The maximum Gasteiger partial charge on any atom is 0.237 e. The van der Waals surface area contributed by atoms with E-state index in [9.17, 15) is 24.2 Å². The lowest BCUT2D eigenvalue weighted by molar-refractivity contribution is -0.140. The first-order valence-electron chi connectivity index (χ1n) is 16.0. The van der Waals surface area contributed by atoms with Crippen LogP contribution >= 0.6 is 0 Å². The van der Waals surface area contributed by atoms with Crippen LogP contribution in [0.3, 0.4) is 0 Å². The number of hydrogen-bond acceptors (Lipinski definition) is 8. The van der Waals surface area contributed by atoms with Gasteiger partial charge in [-0.25, -0.2) is 4.39 Å². The minimum atomic E-state index is -1.27. The lowest BCUT2D eigenvalue weighted by Gasteiger charge is -2.42. The van der Waals surface area contributed by atoms with Crippen molar-refractivity contribution in [3.05, 3.63) is 65.5 Å². The molecule has 2 amide bonds. The van der Waals surface area contributed by atoms with Crippen LogP contribution in [0.1, 0.15) is 50.8 Å². The lowest BCUT2D eigenvalue weighted by atomic mass is 9.82. The molecule has 0 unspecified atom stereocenters. The number of ether oxygens (including phenoxy) is 3. The second kappa shape index (κ2) is 18.3. The Morgan fingerprint density at radius 2 is 1.80 bits per heavy atom. The van der Waals surface area contributed by atoms with Gasteiger partial charge in [-0.2, -0.15) is 0 Å². The molecule has 2 N–H and O–H groups in total. The zero-order valence-corrected chi connectivity index (χ0v) is 28.1. The SMILES string of the molecule is COc1cccc([C@@H]2[C@@H](C(C)C)CN(C(C)=O)C[C@H](OC)[C@@H](O)[C@@H](O)COCCCCN2C(=O)CN(C)Cc2ccc(F)cc2)c1. The van der Waals surface area contributed by atoms with E-state index in [0.29, 0.717) is 38.3 Å². The topological polar surface area (TPSA) is 112 Å². The van der Waals surface area contributed by atoms with E-state index >= 15 is 0 Å². The minimum absolute atomic E-state index is 0.0285. The van der Waals surface area contributed by atoms with Crippen LogP contribution in [-0.4, -0.2) is 116 Å². The van der Waals surface area contributed by atoms with Gasteiger partial charge in [0.25, 0.3) is 0 Å². The molecule has 256 valence electrons. The number of amides is 2. The fourth-order valence-corrected chi connectivity index (χ4v) is 6.02. The standard InChI is InChI=1S/C35H52FN3O7/c1-24(2)30-20-38(25(3)40)21-32(45-6)35(43)31(41)23-46-17-8-7-16-39(34(30)27-10-9-11-29(18-27)44-5)33(42)22-37(4)19-26-12-14-28(36)15-13-26/h9-15,18,24,30-32,34-35,41,43H,7-8,16-17,19-23H2,1-6H3/t30-,31+,32+,34-,35+/m1/s1. The summed E-state index contributed by atoms with van der Waals surface area (Å²) in [5.41, 5.74) is 1.78. The van der Waals surface area contributed by atoms with E-state index in [4.69, 9.17) is 14.2 Å². The number of halogens is 1. The summed E-state index contributed by atoms with van der Waals surface area (Å²) in [4.78, 5) is 32.9. The van der Waals surface area contributed by atoms with Crippen molar-refractivity contribution in [1.82, 2.24) is 14.7 Å². The first-order valence-corrected chi connectivity index (χ1v) is 16.0. The smallest absolute Gasteiger partial charge is 0.237 e. The second-order valence-electron chi connectivity index (χ2n) is 12.6. The highest BCUT2D eigenvalue weighted by Crippen LogP contribution is 2.37. The van der Waals surface area contributed by atoms with E-state index < -0.39 is 24.4 Å². The predicted molar refractivity (Wildman–Crippen MR) is 174 cm³/mol. The molecule has 0 aromatic heterocycles. The normalized spacial score (nSPS) is 24.0. The van der Waals surface area contributed by atoms with Gasteiger partial charge in [0.1, 0.15) is 29.9 Å². The van der Waals surface area contributed by atoms with Gasteiger partial charge >= 0.3 is 0 Å². The Bertz CT molecular complexity index is 1230. The van der Waals surface area contributed by atoms with Crippen molar-refractivity contribution in [2.24, 2.45) is 11.8 Å². The summed E-state index contributed by atoms with van der Waals surface area (Å²) in [5, 5.41) is 21.5. The molecule has 10 nitrogen and oxygen atoms in total. The van der Waals surface area contributed by atoms with E-state index in [1.54, 1.807) is 24.1 Å². The summed E-state index contributed by atoms with van der Waals surface area (Å²) < 4.78 is 30.3. The molecule has 46 heavy (non-hydrogen) atoms. The molecule has 0 bridgehead atoms. The van der Waals surface area contributed by atoms with E-state index in [2.05, 4.69) is 13.8 Å². The Morgan fingerprint density at radius 3 is 2.43 bits per heavy atom. The number of carbonyl (C=O) groups is 2. The van der Waals surface area contributed by atoms with Crippen molar-refractivity contribution < 1.29 is 38.4 Å². The molecule has 1 aliphatic heterocycles. The number of likely N-dealkylation sites (N-methyl/N-ethyl adjacent to an activating group) is 1. The first kappa shape index (κ1) is 37.4. The number of rotatable bonds is 8. The number of carbonyl (C=O) groups excluding carboxylic acids is 2. The van der Waals surface area contributed by atoms with Gasteiger partial charge in [0, 0.05) is 52.7 Å². The van der Waals surface area contributed by atoms with Crippen molar-refractivity contribution >= 4 is 11.8 Å². The fourth-order valence-electron chi connectivity index (χ4n) is 6.02. The van der Waals surface area contributed by atoms with Crippen LogP contribution in [0.15, 0.2) is 48.5 Å². The van der Waals surface area contributed by atoms with Gasteiger partial charge in [-0.1, -0.05) is 38.1 Å². The third-order valence-corrected chi connectivity index (χ3v) is 8.71. The zero-order valence-electron chi connectivity index (χ0n) is 28.1. The summed E-state index contributed by atoms with van der Waals surface area (Å²) in [7, 11) is 4.91. The Balaban J connectivity index is 2.06. The van der Waals surface area contributed by atoms with E-state index in [0.717, 1.165) is 11.1 Å². The molecule has 2 aromatic carbocycles. The molecule has 1 fully saturated rings. The molecule has 3 rings (SSSR count). The molecule has 2 aromatic rings. The molecule has 11 heteroatoms. The highest BCUT2D eigenvalue weighted by molar-refractivity contribution is 5.79. The lowest BCUT2D eigenvalue weighted by Crippen LogP contribution is -2.51. The average Bonchev–Trinajstić information content (AvgIpc) is 3.03. The highest BCUT2D eigenvalue weighted by atomic mass is 19.1. The van der Waals surface area contributed by atoms with Crippen molar-refractivity contribution in [2.45, 2.75) is 64.5 Å². The summed E-state index contributed by atoms with van der Waals surface area (Å²) in [6.45, 7) is 7.23. The van der Waals surface area contributed by atoms with Crippen LogP contribution in [0.25, 0.3) is 0 Å². The van der Waals surface area contributed by atoms with Gasteiger partial charge in [-0.3, -0.25) is 14.5 Å². The molecule has 1 aliphatic rings. The number of methoxy groups -OCH3 is 2. The van der Waals surface area contributed by atoms with E-state index in [-0.39, 0.29) is 55.7 Å². The monoisotopic (exact) mass is 645 g/mol. The largest absolute Gasteiger partial charge is 0.497 e. The Labute approximate surface area is 273 Å². The Morgan fingerprint density at radius 1 is 1.09 bits per heavy atom. The Kier molecular flexibility index (Phi) is 14.9. The van der Waals surface area contributed by atoms with Gasteiger partial charge in [0.2, 0.25) is 11.8 Å². The number of nitrogens with zero attached hydrogens (tertiary/aromatic N) is 3. The van der Waals surface area contributed by atoms with Crippen molar-refractivity contribution in [2.75, 3.05) is 60.7 Å². The second-order valence-corrected chi connectivity index (χ2v) is 12.6. The first-order chi connectivity index (χ1) is 21.9. The highest BCUT2D eigenvalue weighted by Gasteiger charge is 2.37.